The lowest BCUT2D eigenvalue weighted by atomic mass is 10.1. The summed E-state index contributed by atoms with van der Waals surface area (Å²) in [7, 11) is 1.46. The molecule has 0 atom stereocenters. The third-order valence-corrected chi connectivity index (χ3v) is 2.15. The second-order valence-electron chi connectivity index (χ2n) is 3.32. The summed E-state index contributed by atoms with van der Waals surface area (Å²) in [5.41, 5.74) is 6.24. The van der Waals surface area contributed by atoms with Crippen molar-refractivity contribution >= 4 is 11.7 Å². The zero-order chi connectivity index (χ0) is 12.7. The number of nitrogens with zero attached hydrogens (tertiary/aromatic N) is 1. The Morgan fingerprint density at radius 1 is 1.53 bits per heavy atom. The van der Waals surface area contributed by atoms with Gasteiger partial charge in [-0.1, -0.05) is 6.07 Å². The van der Waals surface area contributed by atoms with E-state index in [1.54, 1.807) is 18.2 Å². The molecule has 0 heterocycles. The van der Waals surface area contributed by atoms with Crippen molar-refractivity contribution in [2.45, 2.75) is 12.8 Å². The number of anilines is 1. The summed E-state index contributed by atoms with van der Waals surface area (Å²) in [5.74, 6) is -0.145. The van der Waals surface area contributed by atoms with Crippen LogP contribution in [0.15, 0.2) is 18.2 Å². The van der Waals surface area contributed by atoms with Gasteiger partial charge in [0.25, 0.3) is 0 Å². The van der Waals surface area contributed by atoms with Crippen LogP contribution in [0.3, 0.4) is 0 Å². The Labute approximate surface area is 99.7 Å². The van der Waals surface area contributed by atoms with Crippen LogP contribution in [0.1, 0.15) is 23.2 Å². The number of nitrogens with two attached hydrogens (primary N) is 1. The molecule has 0 unspecified atom stereocenters. The van der Waals surface area contributed by atoms with Crippen molar-refractivity contribution < 1.29 is 14.3 Å². The van der Waals surface area contributed by atoms with Crippen LogP contribution in [0, 0.1) is 11.3 Å². The number of ether oxygens (including phenoxy) is 2. The van der Waals surface area contributed by atoms with Gasteiger partial charge in [0.2, 0.25) is 0 Å². The molecule has 90 valence electrons. The molecule has 5 nitrogen and oxygen atoms in total. The Kier molecular flexibility index (Phi) is 4.82. The molecule has 0 bridgehead atoms. The van der Waals surface area contributed by atoms with Gasteiger partial charge in [-0.2, -0.15) is 5.26 Å². The number of esters is 1. The van der Waals surface area contributed by atoms with Gasteiger partial charge in [-0.15, -0.1) is 0 Å². The Hall–Kier alpha value is -2.22. The minimum Gasteiger partial charge on any atom is -0.496 e. The molecule has 0 fully saturated rings. The lowest BCUT2D eigenvalue weighted by Gasteiger charge is -2.10. The highest BCUT2D eigenvalue weighted by Crippen LogP contribution is 2.24. The number of nitriles is 1. The van der Waals surface area contributed by atoms with Gasteiger partial charge in [0.15, 0.2) is 0 Å². The van der Waals surface area contributed by atoms with Gasteiger partial charge in [-0.25, -0.2) is 4.79 Å². The van der Waals surface area contributed by atoms with E-state index in [2.05, 4.69) is 0 Å². The standard InChI is InChI=1S/C12H14N2O3/c1-16-10-6-4-5-9(14)11(10)12(15)17-8-3-2-7-13/h4-6H,2-3,8,14H2,1H3. The molecular weight excluding hydrogens is 220 g/mol. The van der Waals surface area contributed by atoms with Crippen LogP contribution >= 0.6 is 0 Å². The molecule has 0 spiro atoms. The van der Waals surface area contributed by atoms with Gasteiger partial charge in [-0.05, 0) is 18.6 Å². The summed E-state index contributed by atoms with van der Waals surface area (Å²) in [5, 5.41) is 8.34. The largest absolute Gasteiger partial charge is 0.496 e. The van der Waals surface area contributed by atoms with Crippen molar-refractivity contribution in [3.63, 3.8) is 0 Å². The van der Waals surface area contributed by atoms with Crippen LogP contribution in [-0.4, -0.2) is 19.7 Å². The predicted octanol–water partition coefficient (Wildman–Crippen LogP) is 1.74. The van der Waals surface area contributed by atoms with Crippen LogP contribution < -0.4 is 10.5 Å². The zero-order valence-electron chi connectivity index (χ0n) is 9.60. The Bertz CT molecular complexity index is 438. The van der Waals surface area contributed by atoms with Gasteiger partial charge < -0.3 is 15.2 Å². The maximum absolute atomic E-state index is 11.7. The number of hydrogen-bond donors (Lipinski definition) is 1. The first-order valence-electron chi connectivity index (χ1n) is 5.17. The smallest absolute Gasteiger partial charge is 0.344 e. The van der Waals surface area contributed by atoms with Crippen molar-refractivity contribution in [3.8, 4) is 11.8 Å². The molecule has 0 aliphatic rings. The number of rotatable bonds is 5. The number of unbranched alkanes of at least 4 members (excludes halogenated alkanes) is 1. The fourth-order valence-corrected chi connectivity index (χ4v) is 1.32. The van der Waals surface area contributed by atoms with Gasteiger partial charge in [0.1, 0.15) is 11.3 Å². The predicted molar refractivity (Wildman–Crippen MR) is 62.5 cm³/mol. The number of benzene rings is 1. The molecule has 17 heavy (non-hydrogen) atoms. The monoisotopic (exact) mass is 234 g/mol. The first-order chi connectivity index (χ1) is 8.20. The van der Waals surface area contributed by atoms with E-state index >= 15 is 0 Å². The average Bonchev–Trinajstić information content (AvgIpc) is 2.34. The molecule has 1 rings (SSSR count). The highest BCUT2D eigenvalue weighted by atomic mass is 16.5. The van der Waals surface area contributed by atoms with Crippen molar-refractivity contribution in [1.82, 2.24) is 0 Å². The molecule has 1 aromatic rings. The lowest BCUT2D eigenvalue weighted by molar-refractivity contribution is 0.0499. The average molecular weight is 234 g/mol. The van der Waals surface area contributed by atoms with E-state index in [1.165, 1.54) is 7.11 Å². The Morgan fingerprint density at radius 3 is 2.94 bits per heavy atom. The molecular formula is C12H14N2O3. The zero-order valence-corrected chi connectivity index (χ0v) is 9.60. The number of hydrogen-bond acceptors (Lipinski definition) is 5. The van der Waals surface area contributed by atoms with E-state index in [4.69, 9.17) is 20.5 Å². The van der Waals surface area contributed by atoms with Gasteiger partial charge in [0.05, 0.1) is 19.8 Å². The second-order valence-corrected chi connectivity index (χ2v) is 3.32. The Balaban J connectivity index is 2.72. The van der Waals surface area contributed by atoms with E-state index in [0.717, 1.165) is 0 Å². The fraction of sp³-hybridized carbons (Fsp3) is 0.333. The van der Waals surface area contributed by atoms with Crippen LogP contribution in [0.25, 0.3) is 0 Å². The maximum Gasteiger partial charge on any atom is 0.344 e. The van der Waals surface area contributed by atoms with E-state index in [-0.39, 0.29) is 12.2 Å². The van der Waals surface area contributed by atoms with Gasteiger partial charge in [-0.3, -0.25) is 0 Å². The van der Waals surface area contributed by atoms with E-state index in [9.17, 15) is 4.79 Å². The summed E-state index contributed by atoms with van der Waals surface area (Å²) in [6, 6.07) is 6.92. The highest BCUT2D eigenvalue weighted by molar-refractivity contribution is 5.98. The molecule has 0 aromatic heterocycles. The van der Waals surface area contributed by atoms with Crippen molar-refractivity contribution in [1.29, 1.82) is 5.26 Å². The molecule has 0 aliphatic carbocycles. The molecule has 0 amide bonds. The normalized spacial score (nSPS) is 9.41. The summed E-state index contributed by atoms with van der Waals surface area (Å²) in [4.78, 5) is 11.7. The van der Waals surface area contributed by atoms with Crippen LogP contribution in [0.2, 0.25) is 0 Å². The molecule has 1 aromatic carbocycles. The minimum atomic E-state index is -0.530. The summed E-state index contributed by atoms with van der Waals surface area (Å²) >= 11 is 0. The van der Waals surface area contributed by atoms with E-state index in [0.29, 0.717) is 24.3 Å². The number of carbonyl (C=O) groups excluding carboxylic acids is 1. The summed E-state index contributed by atoms with van der Waals surface area (Å²) in [6.07, 6.45) is 0.867. The molecule has 0 aliphatic heterocycles. The lowest BCUT2D eigenvalue weighted by Crippen LogP contribution is -2.10. The molecule has 2 N–H and O–H groups in total. The molecule has 0 saturated heterocycles. The summed E-state index contributed by atoms with van der Waals surface area (Å²) < 4.78 is 10.0. The van der Waals surface area contributed by atoms with Crippen molar-refractivity contribution in [2.75, 3.05) is 19.5 Å². The van der Waals surface area contributed by atoms with Crippen LogP contribution in [-0.2, 0) is 4.74 Å². The first-order valence-corrected chi connectivity index (χ1v) is 5.17. The van der Waals surface area contributed by atoms with Gasteiger partial charge in [0, 0.05) is 12.1 Å². The molecule has 0 saturated carbocycles. The third kappa shape index (κ3) is 3.38. The Morgan fingerprint density at radius 2 is 2.29 bits per heavy atom. The van der Waals surface area contributed by atoms with Crippen molar-refractivity contribution in [2.24, 2.45) is 0 Å². The maximum atomic E-state index is 11.7. The summed E-state index contributed by atoms with van der Waals surface area (Å²) in [6.45, 7) is 0.198. The third-order valence-electron chi connectivity index (χ3n) is 2.15. The van der Waals surface area contributed by atoms with Crippen molar-refractivity contribution in [3.05, 3.63) is 23.8 Å². The number of carbonyl (C=O) groups is 1. The van der Waals surface area contributed by atoms with Crippen LogP contribution in [0.5, 0.6) is 5.75 Å². The number of nitrogen functional groups attached to an aromatic ring is 1. The molecule has 5 heteroatoms. The van der Waals surface area contributed by atoms with Gasteiger partial charge >= 0.3 is 5.97 Å². The highest BCUT2D eigenvalue weighted by Gasteiger charge is 2.16. The van der Waals surface area contributed by atoms with E-state index < -0.39 is 5.97 Å². The fourth-order valence-electron chi connectivity index (χ4n) is 1.32. The minimum absolute atomic E-state index is 0.198. The van der Waals surface area contributed by atoms with Crippen LogP contribution in [0.4, 0.5) is 5.69 Å². The molecule has 0 radical (unpaired) electrons. The SMILES string of the molecule is COc1cccc(N)c1C(=O)OCCCC#N. The number of methoxy groups -OCH3 is 1. The quantitative estimate of drug-likeness (QED) is 0.476. The van der Waals surface area contributed by atoms with E-state index in [1.807, 2.05) is 6.07 Å². The second kappa shape index (κ2) is 6.38. The first kappa shape index (κ1) is 12.8. The topological polar surface area (TPSA) is 85.3 Å².